The van der Waals surface area contributed by atoms with Gasteiger partial charge in [-0.1, -0.05) is 27.7 Å². The molecule has 1 saturated carbocycles. The molecule has 2 nitrogen and oxygen atoms in total. The van der Waals surface area contributed by atoms with E-state index in [1.54, 1.807) is 12.1 Å². The SMILES string of the molecule is CC(C)CN(CC(C)C)c1cc(F)cc(CNC2CC2)c1. The molecule has 0 atom stereocenters. The van der Waals surface area contributed by atoms with Crippen LogP contribution in [0.4, 0.5) is 10.1 Å². The molecular weight excluding hydrogens is 263 g/mol. The Hall–Kier alpha value is -1.09. The lowest BCUT2D eigenvalue weighted by Crippen LogP contribution is -2.31. The summed E-state index contributed by atoms with van der Waals surface area (Å²) >= 11 is 0. The standard InChI is InChI=1S/C18H29FN2/c1-13(2)11-21(12-14(3)4)18-8-15(7-16(19)9-18)10-20-17-5-6-17/h7-9,13-14,17,20H,5-6,10-12H2,1-4H3. The van der Waals surface area contributed by atoms with Crippen LogP contribution in [-0.2, 0) is 6.54 Å². The highest BCUT2D eigenvalue weighted by molar-refractivity contribution is 5.49. The van der Waals surface area contributed by atoms with E-state index in [1.807, 2.05) is 0 Å². The zero-order valence-corrected chi connectivity index (χ0v) is 13.8. The maximum Gasteiger partial charge on any atom is 0.125 e. The van der Waals surface area contributed by atoms with E-state index in [0.29, 0.717) is 17.9 Å². The molecular formula is C18H29FN2. The maximum absolute atomic E-state index is 13.9. The molecule has 118 valence electrons. The lowest BCUT2D eigenvalue weighted by molar-refractivity contribution is 0.549. The van der Waals surface area contributed by atoms with E-state index in [4.69, 9.17) is 0 Å². The van der Waals surface area contributed by atoms with Crippen molar-refractivity contribution in [2.45, 2.75) is 53.1 Å². The third-order valence-corrected chi connectivity index (χ3v) is 3.65. The van der Waals surface area contributed by atoms with Crippen LogP contribution in [0, 0.1) is 17.7 Å². The molecule has 1 aromatic rings. The number of halogens is 1. The van der Waals surface area contributed by atoms with Crippen LogP contribution in [0.1, 0.15) is 46.1 Å². The van der Waals surface area contributed by atoms with Crippen LogP contribution in [0.15, 0.2) is 18.2 Å². The Morgan fingerprint density at radius 2 is 1.71 bits per heavy atom. The second-order valence-electron chi connectivity index (χ2n) is 7.17. The molecule has 0 radical (unpaired) electrons. The molecule has 1 aromatic carbocycles. The van der Waals surface area contributed by atoms with Gasteiger partial charge in [0.25, 0.3) is 0 Å². The van der Waals surface area contributed by atoms with Crippen LogP contribution < -0.4 is 10.2 Å². The summed E-state index contributed by atoms with van der Waals surface area (Å²) in [6, 6.07) is 6.12. The number of benzene rings is 1. The van der Waals surface area contributed by atoms with E-state index in [0.717, 1.165) is 30.9 Å². The van der Waals surface area contributed by atoms with Gasteiger partial charge in [-0.3, -0.25) is 0 Å². The second-order valence-corrected chi connectivity index (χ2v) is 7.17. The van der Waals surface area contributed by atoms with Crippen molar-refractivity contribution in [3.05, 3.63) is 29.6 Å². The van der Waals surface area contributed by atoms with Crippen molar-refractivity contribution in [2.75, 3.05) is 18.0 Å². The molecule has 3 heteroatoms. The second kappa shape index (κ2) is 7.26. The Morgan fingerprint density at radius 3 is 2.24 bits per heavy atom. The number of rotatable bonds is 8. The van der Waals surface area contributed by atoms with Crippen molar-refractivity contribution in [3.63, 3.8) is 0 Å². The molecule has 2 rings (SSSR count). The Labute approximate surface area is 128 Å². The summed E-state index contributed by atoms with van der Waals surface area (Å²) in [5.41, 5.74) is 2.07. The topological polar surface area (TPSA) is 15.3 Å². The summed E-state index contributed by atoms with van der Waals surface area (Å²) in [6.07, 6.45) is 2.52. The van der Waals surface area contributed by atoms with Crippen LogP contribution in [0.2, 0.25) is 0 Å². The minimum atomic E-state index is -0.127. The fourth-order valence-corrected chi connectivity index (χ4v) is 2.63. The number of hydrogen-bond donors (Lipinski definition) is 1. The number of nitrogens with zero attached hydrogens (tertiary/aromatic N) is 1. The van der Waals surface area contributed by atoms with Crippen molar-refractivity contribution in [2.24, 2.45) is 11.8 Å². The van der Waals surface area contributed by atoms with E-state index in [9.17, 15) is 4.39 Å². The Bertz CT molecular complexity index is 443. The quantitative estimate of drug-likeness (QED) is 0.772. The molecule has 0 aliphatic heterocycles. The van der Waals surface area contributed by atoms with Crippen LogP contribution in [0.25, 0.3) is 0 Å². The Balaban J connectivity index is 2.12. The first kappa shape index (κ1) is 16.3. The first-order valence-electron chi connectivity index (χ1n) is 8.22. The molecule has 1 N–H and O–H groups in total. The minimum Gasteiger partial charge on any atom is -0.371 e. The maximum atomic E-state index is 13.9. The highest BCUT2D eigenvalue weighted by atomic mass is 19.1. The zero-order valence-electron chi connectivity index (χ0n) is 13.8. The van der Waals surface area contributed by atoms with Gasteiger partial charge in [-0.2, -0.15) is 0 Å². The van der Waals surface area contributed by atoms with E-state index in [2.05, 4.69) is 44.0 Å². The van der Waals surface area contributed by atoms with Gasteiger partial charge in [0.05, 0.1) is 0 Å². The number of hydrogen-bond acceptors (Lipinski definition) is 2. The van der Waals surface area contributed by atoms with Crippen LogP contribution in [0.5, 0.6) is 0 Å². The molecule has 0 saturated heterocycles. The summed E-state index contributed by atoms with van der Waals surface area (Å²) in [5, 5.41) is 3.46. The van der Waals surface area contributed by atoms with Gasteiger partial charge in [-0.25, -0.2) is 4.39 Å². The average molecular weight is 292 g/mol. The van der Waals surface area contributed by atoms with Crippen molar-refractivity contribution in [1.82, 2.24) is 5.32 Å². The number of anilines is 1. The van der Waals surface area contributed by atoms with Gasteiger partial charge in [-0.15, -0.1) is 0 Å². The molecule has 0 aromatic heterocycles. The Morgan fingerprint density at radius 1 is 1.10 bits per heavy atom. The molecule has 1 fully saturated rings. The van der Waals surface area contributed by atoms with Gasteiger partial charge < -0.3 is 10.2 Å². The lowest BCUT2D eigenvalue weighted by atomic mass is 10.1. The molecule has 1 aliphatic carbocycles. The summed E-state index contributed by atoms with van der Waals surface area (Å²) in [5.74, 6) is 1.01. The first-order valence-corrected chi connectivity index (χ1v) is 8.22. The van der Waals surface area contributed by atoms with Gasteiger partial charge in [0.15, 0.2) is 0 Å². The normalized spacial score (nSPS) is 15.0. The number of nitrogens with one attached hydrogen (secondary N) is 1. The van der Waals surface area contributed by atoms with Gasteiger partial charge in [0.2, 0.25) is 0 Å². The summed E-state index contributed by atoms with van der Waals surface area (Å²) < 4.78 is 13.9. The molecule has 0 heterocycles. The predicted octanol–water partition coefficient (Wildman–Crippen LogP) is 4.20. The van der Waals surface area contributed by atoms with Crippen LogP contribution in [-0.4, -0.2) is 19.1 Å². The zero-order chi connectivity index (χ0) is 15.4. The van der Waals surface area contributed by atoms with Gasteiger partial charge in [-0.05, 0) is 48.4 Å². The van der Waals surface area contributed by atoms with Gasteiger partial charge >= 0.3 is 0 Å². The average Bonchev–Trinajstić information content (AvgIpc) is 3.18. The third-order valence-electron chi connectivity index (χ3n) is 3.65. The smallest absolute Gasteiger partial charge is 0.125 e. The van der Waals surface area contributed by atoms with Gasteiger partial charge in [0.1, 0.15) is 5.82 Å². The van der Waals surface area contributed by atoms with E-state index >= 15 is 0 Å². The lowest BCUT2D eigenvalue weighted by Gasteiger charge is -2.29. The van der Waals surface area contributed by atoms with Crippen LogP contribution in [0.3, 0.4) is 0 Å². The highest BCUT2D eigenvalue weighted by Gasteiger charge is 2.20. The fourth-order valence-electron chi connectivity index (χ4n) is 2.63. The van der Waals surface area contributed by atoms with Crippen molar-refractivity contribution in [3.8, 4) is 0 Å². The molecule has 21 heavy (non-hydrogen) atoms. The molecule has 0 unspecified atom stereocenters. The predicted molar refractivity (Wildman–Crippen MR) is 88.2 cm³/mol. The largest absolute Gasteiger partial charge is 0.371 e. The Kier molecular flexibility index (Phi) is 5.63. The van der Waals surface area contributed by atoms with E-state index in [1.165, 1.54) is 12.8 Å². The molecule has 0 bridgehead atoms. The van der Waals surface area contributed by atoms with Crippen molar-refractivity contribution >= 4 is 5.69 Å². The summed E-state index contributed by atoms with van der Waals surface area (Å²) in [7, 11) is 0. The fraction of sp³-hybridized carbons (Fsp3) is 0.667. The van der Waals surface area contributed by atoms with E-state index < -0.39 is 0 Å². The highest BCUT2D eigenvalue weighted by Crippen LogP contribution is 2.23. The summed E-state index contributed by atoms with van der Waals surface area (Å²) in [4.78, 5) is 2.32. The third kappa shape index (κ3) is 5.66. The van der Waals surface area contributed by atoms with Crippen molar-refractivity contribution < 1.29 is 4.39 Å². The molecule has 0 spiro atoms. The first-order chi connectivity index (χ1) is 9.94. The van der Waals surface area contributed by atoms with Gasteiger partial charge in [0, 0.05) is 31.4 Å². The van der Waals surface area contributed by atoms with E-state index in [-0.39, 0.29) is 5.82 Å². The van der Waals surface area contributed by atoms with Crippen LogP contribution >= 0.6 is 0 Å². The van der Waals surface area contributed by atoms with Crippen molar-refractivity contribution in [1.29, 1.82) is 0 Å². The monoisotopic (exact) mass is 292 g/mol. The molecule has 0 amide bonds. The summed E-state index contributed by atoms with van der Waals surface area (Å²) in [6.45, 7) is 11.6. The minimum absolute atomic E-state index is 0.127. The molecule has 1 aliphatic rings.